The zero-order valence-corrected chi connectivity index (χ0v) is 12.1. The van der Waals surface area contributed by atoms with Gasteiger partial charge in [-0.25, -0.2) is 9.97 Å². The van der Waals surface area contributed by atoms with Gasteiger partial charge in [-0.15, -0.1) is 11.3 Å². The van der Waals surface area contributed by atoms with Gasteiger partial charge in [-0.05, 0) is 26.8 Å². The molecule has 0 aromatic carbocycles. The molecule has 0 aliphatic rings. The molecule has 2 rings (SSSR count). The average molecular weight is 265 g/mol. The number of rotatable bonds is 5. The zero-order chi connectivity index (χ0) is 13.1. The van der Waals surface area contributed by atoms with E-state index in [2.05, 4.69) is 35.2 Å². The molecule has 1 N–H and O–H groups in total. The predicted octanol–water partition coefficient (Wildman–Crippen LogP) is 3.01. The number of thiophene rings is 1. The normalized spacial score (nSPS) is 12.9. The largest absolute Gasteiger partial charge is 0.381 e. The second-order valence-electron chi connectivity index (χ2n) is 4.35. The highest BCUT2D eigenvalue weighted by atomic mass is 32.1. The van der Waals surface area contributed by atoms with E-state index in [-0.39, 0.29) is 6.10 Å². The van der Waals surface area contributed by atoms with Crippen molar-refractivity contribution < 1.29 is 4.74 Å². The number of anilines is 1. The molecule has 0 saturated heterocycles. The van der Waals surface area contributed by atoms with Gasteiger partial charge in [-0.1, -0.05) is 0 Å². The lowest BCUT2D eigenvalue weighted by molar-refractivity contribution is 0.117. The van der Waals surface area contributed by atoms with Crippen LogP contribution in [-0.4, -0.2) is 29.7 Å². The summed E-state index contributed by atoms with van der Waals surface area (Å²) >= 11 is 1.71. The van der Waals surface area contributed by atoms with Crippen LogP contribution < -0.4 is 5.32 Å². The Bertz CT molecular complexity index is 538. The Morgan fingerprint density at radius 3 is 2.89 bits per heavy atom. The van der Waals surface area contributed by atoms with Gasteiger partial charge in [0, 0.05) is 25.0 Å². The van der Waals surface area contributed by atoms with E-state index in [0.717, 1.165) is 34.8 Å². The number of fused-ring (bicyclic) bond motifs is 1. The molecular formula is C13H19N3OS. The highest BCUT2D eigenvalue weighted by Crippen LogP contribution is 2.28. The lowest BCUT2D eigenvalue weighted by Gasteiger charge is -2.10. The minimum Gasteiger partial charge on any atom is -0.381 e. The molecule has 4 nitrogen and oxygen atoms in total. The van der Waals surface area contributed by atoms with Crippen LogP contribution in [0.4, 0.5) is 5.82 Å². The van der Waals surface area contributed by atoms with Crippen LogP contribution in [0.1, 0.15) is 24.5 Å². The number of nitrogens with zero attached hydrogens (tertiary/aromatic N) is 2. The maximum Gasteiger partial charge on any atom is 0.138 e. The molecule has 0 saturated carbocycles. The van der Waals surface area contributed by atoms with Crippen LogP contribution >= 0.6 is 11.3 Å². The van der Waals surface area contributed by atoms with E-state index in [0.29, 0.717) is 0 Å². The van der Waals surface area contributed by atoms with E-state index in [4.69, 9.17) is 4.74 Å². The number of hydrogen-bond donors (Lipinski definition) is 1. The van der Waals surface area contributed by atoms with Crippen LogP contribution in [0, 0.1) is 6.92 Å². The summed E-state index contributed by atoms with van der Waals surface area (Å²) in [5.74, 6) is 1.78. The minimum absolute atomic E-state index is 0.137. The van der Waals surface area contributed by atoms with Gasteiger partial charge in [-0.2, -0.15) is 0 Å². The first-order chi connectivity index (χ1) is 8.63. The van der Waals surface area contributed by atoms with Crippen molar-refractivity contribution in [3.63, 3.8) is 0 Å². The Morgan fingerprint density at radius 2 is 2.22 bits per heavy atom. The predicted molar refractivity (Wildman–Crippen MR) is 76.5 cm³/mol. The molecular weight excluding hydrogens is 246 g/mol. The molecule has 2 heterocycles. The summed E-state index contributed by atoms with van der Waals surface area (Å²) in [5, 5.41) is 4.43. The molecule has 1 unspecified atom stereocenters. The lowest BCUT2D eigenvalue weighted by Crippen LogP contribution is -2.12. The highest BCUT2D eigenvalue weighted by Gasteiger charge is 2.12. The second kappa shape index (κ2) is 5.63. The van der Waals surface area contributed by atoms with E-state index in [1.54, 1.807) is 18.4 Å². The lowest BCUT2D eigenvalue weighted by atomic mass is 10.2. The SMILES string of the molecule is CCNc1nc(CC(C)OC)nc2sc(C)cc12. The molecule has 0 spiro atoms. The van der Waals surface area contributed by atoms with Crippen molar-refractivity contribution >= 4 is 27.4 Å². The van der Waals surface area contributed by atoms with Gasteiger partial charge in [0.1, 0.15) is 16.5 Å². The first-order valence-electron chi connectivity index (χ1n) is 6.17. The Morgan fingerprint density at radius 1 is 1.44 bits per heavy atom. The summed E-state index contributed by atoms with van der Waals surface area (Å²) in [6, 6.07) is 2.14. The number of hydrogen-bond acceptors (Lipinski definition) is 5. The first-order valence-corrected chi connectivity index (χ1v) is 6.99. The van der Waals surface area contributed by atoms with Crippen LogP contribution in [0.5, 0.6) is 0 Å². The number of nitrogens with one attached hydrogen (secondary N) is 1. The summed E-state index contributed by atoms with van der Waals surface area (Å²) in [7, 11) is 1.71. The molecule has 1 atom stereocenters. The van der Waals surface area contributed by atoms with E-state index in [1.165, 1.54) is 4.88 Å². The van der Waals surface area contributed by atoms with E-state index < -0.39 is 0 Å². The van der Waals surface area contributed by atoms with Crippen molar-refractivity contribution in [1.29, 1.82) is 0 Å². The van der Waals surface area contributed by atoms with Crippen molar-refractivity contribution in [1.82, 2.24) is 9.97 Å². The molecule has 0 bridgehead atoms. The summed E-state index contributed by atoms with van der Waals surface area (Å²) < 4.78 is 5.27. The van der Waals surface area contributed by atoms with Crippen molar-refractivity contribution in [2.45, 2.75) is 33.3 Å². The quantitative estimate of drug-likeness (QED) is 0.902. The smallest absolute Gasteiger partial charge is 0.138 e. The summed E-state index contributed by atoms with van der Waals surface area (Å²) in [6.07, 6.45) is 0.875. The average Bonchev–Trinajstić information content (AvgIpc) is 2.70. The monoisotopic (exact) mass is 265 g/mol. The zero-order valence-electron chi connectivity index (χ0n) is 11.3. The van der Waals surface area contributed by atoms with E-state index in [1.807, 2.05) is 6.92 Å². The van der Waals surface area contributed by atoms with Gasteiger partial charge in [0.05, 0.1) is 11.5 Å². The fourth-order valence-corrected chi connectivity index (χ4v) is 2.72. The summed E-state index contributed by atoms with van der Waals surface area (Å²) in [5.41, 5.74) is 0. The number of ether oxygens (including phenoxy) is 1. The molecule has 5 heteroatoms. The molecule has 18 heavy (non-hydrogen) atoms. The molecule has 0 amide bonds. The van der Waals surface area contributed by atoms with E-state index >= 15 is 0 Å². The summed E-state index contributed by atoms with van der Waals surface area (Å²) in [6.45, 7) is 7.06. The maximum atomic E-state index is 5.27. The van der Waals surface area contributed by atoms with Gasteiger partial charge in [0.2, 0.25) is 0 Å². The van der Waals surface area contributed by atoms with Crippen molar-refractivity contribution in [3.05, 3.63) is 16.8 Å². The Hall–Kier alpha value is -1.20. The van der Waals surface area contributed by atoms with Gasteiger partial charge >= 0.3 is 0 Å². The molecule has 0 fully saturated rings. The Labute approximate surface area is 111 Å². The van der Waals surface area contributed by atoms with Crippen molar-refractivity contribution in [2.75, 3.05) is 19.0 Å². The Kier molecular flexibility index (Phi) is 4.14. The van der Waals surface area contributed by atoms with Crippen LogP contribution in [0.2, 0.25) is 0 Å². The first kappa shape index (κ1) is 13.2. The topological polar surface area (TPSA) is 47.0 Å². The third-order valence-electron chi connectivity index (χ3n) is 2.78. The minimum atomic E-state index is 0.137. The molecule has 98 valence electrons. The summed E-state index contributed by atoms with van der Waals surface area (Å²) in [4.78, 5) is 11.5. The van der Waals surface area contributed by atoms with Crippen LogP contribution in [0.15, 0.2) is 6.07 Å². The third kappa shape index (κ3) is 2.79. The van der Waals surface area contributed by atoms with Gasteiger partial charge in [-0.3, -0.25) is 0 Å². The fourth-order valence-electron chi connectivity index (χ4n) is 1.82. The van der Waals surface area contributed by atoms with Gasteiger partial charge < -0.3 is 10.1 Å². The second-order valence-corrected chi connectivity index (χ2v) is 5.58. The molecule has 0 aliphatic carbocycles. The van der Waals surface area contributed by atoms with Crippen LogP contribution in [-0.2, 0) is 11.2 Å². The van der Waals surface area contributed by atoms with Gasteiger partial charge in [0.15, 0.2) is 0 Å². The number of methoxy groups -OCH3 is 1. The molecule has 0 radical (unpaired) electrons. The van der Waals surface area contributed by atoms with Gasteiger partial charge in [0.25, 0.3) is 0 Å². The molecule has 2 aromatic rings. The highest BCUT2D eigenvalue weighted by molar-refractivity contribution is 7.18. The Balaban J connectivity index is 2.42. The maximum absolute atomic E-state index is 5.27. The molecule has 2 aromatic heterocycles. The van der Waals surface area contributed by atoms with E-state index in [9.17, 15) is 0 Å². The van der Waals surface area contributed by atoms with Crippen LogP contribution in [0.25, 0.3) is 10.2 Å². The number of aryl methyl sites for hydroxylation is 1. The van der Waals surface area contributed by atoms with Crippen LogP contribution in [0.3, 0.4) is 0 Å². The third-order valence-corrected chi connectivity index (χ3v) is 3.72. The van der Waals surface area contributed by atoms with Crippen molar-refractivity contribution in [3.8, 4) is 0 Å². The number of aromatic nitrogens is 2. The molecule has 0 aliphatic heterocycles. The van der Waals surface area contributed by atoms with Crippen molar-refractivity contribution in [2.24, 2.45) is 0 Å². The fraction of sp³-hybridized carbons (Fsp3) is 0.538. The standard InChI is InChI=1S/C13H19N3OS/c1-5-14-12-10-7-9(3)18-13(10)16-11(15-12)6-8(2)17-4/h7-8H,5-6H2,1-4H3,(H,14,15,16).